The number of aliphatic hydroxyl groups is 1. The van der Waals surface area contributed by atoms with E-state index in [0.29, 0.717) is 0 Å². The van der Waals surface area contributed by atoms with Crippen LogP contribution in [0.15, 0.2) is 18.2 Å². The van der Waals surface area contributed by atoms with Gasteiger partial charge in [-0.15, -0.1) is 0 Å². The summed E-state index contributed by atoms with van der Waals surface area (Å²) in [5.74, 6) is 1.86. The molecule has 2 aromatic rings. The van der Waals surface area contributed by atoms with E-state index in [9.17, 15) is 5.11 Å². The fourth-order valence-electron chi connectivity index (χ4n) is 5.85. The van der Waals surface area contributed by atoms with Crippen LogP contribution in [0.5, 0.6) is 5.75 Å². The van der Waals surface area contributed by atoms with E-state index in [1.165, 1.54) is 67.5 Å². The van der Waals surface area contributed by atoms with Crippen LogP contribution in [0.2, 0.25) is 0 Å². The van der Waals surface area contributed by atoms with Crippen LogP contribution >= 0.6 is 0 Å². The van der Waals surface area contributed by atoms with Crippen molar-refractivity contribution in [1.82, 2.24) is 14.4 Å². The second kappa shape index (κ2) is 6.75. The number of ether oxygens (including phenoxy) is 1. The van der Waals surface area contributed by atoms with Gasteiger partial charge in [-0.25, -0.2) is 0 Å². The second-order valence-corrected chi connectivity index (χ2v) is 9.34. The summed E-state index contributed by atoms with van der Waals surface area (Å²) in [5.41, 5.74) is 4.20. The number of aryl methyl sites for hydroxylation is 1. The highest BCUT2D eigenvalue weighted by atomic mass is 16.5. The summed E-state index contributed by atoms with van der Waals surface area (Å²) in [5, 5.41) is 11.6. The Morgan fingerprint density at radius 3 is 2.57 bits per heavy atom. The molecule has 5 rings (SSSR count). The molecule has 28 heavy (non-hydrogen) atoms. The lowest BCUT2D eigenvalue weighted by Crippen LogP contribution is -2.53. The first-order valence-corrected chi connectivity index (χ1v) is 10.8. The zero-order valence-electron chi connectivity index (χ0n) is 17.4. The van der Waals surface area contributed by atoms with Crippen LogP contribution in [0.3, 0.4) is 0 Å². The van der Waals surface area contributed by atoms with Gasteiger partial charge in [0, 0.05) is 42.7 Å². The molecule has 1 atom stereocenters. The third-order valence-electron chi connectivity index (χ3n) is 7.58. The van der Waals surface area contributed by atoms with Crippen LogP contribution in [0, 0.1) is 5.92 Å². The van der Waals surface area contributed by atoms with Gasteiger partial charge in [0.2, 0.25) is 0 Å². The summed E-state index contributed by atoms with van der Waals surface area (Å²) in [7, 11) is 6.06. The fraction of sp³-hybridized carbons (Fsp3) is 0.652. The minimum atomic E-state index is 0.0634. The molecule has 5 nitrogen and oxygen atoms in total. The number of benzene rings is 1. The molecule has 1 saturated carbocycles. The van der Waals surface area contributed by atoms with E-state index in [4.69, 9.17) is 4.74 Å². The quantitative estimate of drug-likeness (QED) is 0.881. The molecule has 0 radical (unpaired) electrons. The summed E-state index contributed by atoms with van der Waals surface area (Å²) in [4.78, 5) is 5.07. The van der Waals surface area contributed by atoms with Crippen LogP contribution in [-0.2, 0) is 12.5 Å². The van der Waals surface area contributed by atoms with E-state index in [0.717, 1.165) is 18.2 Å². The summed E-state index contributed by atoms with van der Waals surface area (Å²) >= 11 is 0. The molecular formula is C23H33N3O2. The van der Waals surface area contributed by atoms with Crippen molar-refractivity contribution in [1.29, 1.82) is 0 Å². The number of rotatable bonds is 4. The molecule has 1 saturated heterocycles. The number of methoxy groups -OCH3 is 1. The highest BCUT2D eigenvalue weighted by Gasteiger charge is 2.47. The van der Waals surface area contributed by atoms with Gasteiger partial charge < -0.3 is 19.3 Å². The Morgan fingerprint density at radius 2 is 1.93 bits per heavy atom. The number of aliphatic hydroxyl groups excluding tert-OH is 1. The van der Waals surface area contributed by atoms with Gasteiger partial charge in [0.05, 0.1) is 25.3 Å². The smallest absolute Gasteiger partial charge is 0.120 e. The molecule has 0 bridgehead atoms. The number of nitrogens with zero attached hydrogens (tertiary/aromatic N) is 3. The van der Waals surface area contributed by atoms with Crippen molar-refractivity contribution in [3.8, 4) is 5.75 Å². The first-order valence-electron chi connectivity index (χ1n) is 10.8. The maximum atomic E-state index is 10.2. The summed E-state index contributed by atoms with van der Waals surface area (Å²) in [6.07, 6.45) is 5.27. The average molecular weight is 384 g/mol. The van der Waals surface area contributed by atoms with Gasteiger partial charge in [0.15, 0.2) is 0 Å². The van der Waals surface area contributed by atoms with Gasteiger partial charge in [-0.1, -0.05) is 0 Å². The van der Waals surface area contributed by atoms with Crippen LogP contribution in [-0.4, -0.2) is 66.4 Å². The SMILES string of the molecule is COc1ccc2c3c(n(C)c2c1)[C@H](CO)N(C)CC31CCN(CC2CC2)CC1. The Balaban J connectivity index is 1.60. The Hall–Kier alpha value is -1.56. The second-order valence-electron chi connectivity index (χ2n) is 9.34. The lowest BCUT2D eigenvalue weighted by Gasteiger charge is -2.49. The molecule has 3 heterocycles. The lowest BCUT2D eigenvalue weighted by atomic mass is 9.68. The fourth-order valence-corrected chi connectivity index (χ4v) is 5.85. The largest absolute Gasteiger partial charge is 0.497 e. The van der Waals surface area contributed by atoms with Crippen molar-refractivity contribution in [2.24, 2.45) is 13.0 Å². The molecule has 152 valence electrons. The van der Waals surface area contributed by atoms with Crippen molar-refractivity contribution < 1.29 is 9.84 Å². The van der Waals surface area contributed by atoms with Crippen LogP contribution in [0.25, 0.3) is 10.9 Å². The summed E-state index contributed by atoms with van der Waals surface area (Å²) < 4.78 is 7.81. The van der Waals surface area contributed by atoms with E-state index >= 15 is 0 Å². The number of fused-ring (bicyclic) bond motifs is 4. The minimum absolute atomic E-state index is 0.0634. The molecule has 2 fully saturated rings. The highest BCUT2D eigenvalue weighted by molar-refractivity contribution is 5.88. The van der Waals surface area contributed by atoms with Crippen molar-refractivity contribution in [3.63, 3.8) is 0 Å². The molecule has 0 amide bonds. The number of hydrogen-bond donors (Lipinski definition) is 1. The third kappa shape index (κ3) is 2.78. The average Bonchev–Trinajstić information content (AvgIpc) is 3.47. The van der Waals surface area contributed by atoms with Crippen LogP contribution in [0.1, 0.15) is 43.0 Å². The number of aromatic nitrogens is 1. The van der Waals surface area contributed by atoms with E-state index < -0.39 is 0 Å². The monoisotopic (exact) mass is 383 g/mol. The molecule has 0 unspecified atom stereocenters. The molecule has 5 heteroatoms. The first kappa shape index (κ1) is 18.5. The molecule has 1 aromatic carbocycles. The molecular weight excluding hydrogens is 350 g/mol. The van der Waals surface area contributed by atoms with Crippen LogP contribution < -0.4 is 4.74 Å². The maximum absolute atomic E-state index is 10.2. The minimum Gasteiger partial charge on any atom is -0.497 e. The third-order valence-corrected chi connectivity index (χ3v) is 7.58. The first-order chi connectivity index (χ1) is 13.6. The van der Waals surface area contributed by atoms with Crippen molar-refractivity contribution >= 4 is 10.9 Å². The summed E-state index contributed by atoms with van der Waals surface area (Å²) in [6.45, 7) is 4.88. The standard InChI is InChI=1S/C23H33N3O2/c1-24-15-23(8-10-26(11-9-23)13-16-4-5-16)21-18-7-6-17(28-3)12-19(18)25(2)22(21)20(24)14-27/h6-7,12,16,20,27H,4-5,8-11,13-15H2,1-3H3/t20-/m0/s1. The summed E-state index contributed by atoms with van der Waals surface area (Å²) in [6, 6.07) is 6.54. The van der Waals surface area contributed by atoms with E-state index in [1.807, 2.05) is 0 Å². The van der Waals surface area contributed by atoms with Gasteiger partial charge in [-0.3, -0.25) is 4.90 Å². The number of piperidine rings is 1. The van der Waals surface area contributed by atoms with Gasteiger partial charge in [-0.05, 0) is 69.4 Å². The number of likely N-dealkylation sites (tertiary alicyclic amines) is 1. The number of hydrogen-bond acceptors (Lipinski definition) is 4. The Bertz CT molecular complexity index is 878. The topological polar surface area (TPSA) is 40.9 Å². The van der Waals surface area contributed by atoms with Crippen molar-refractivity contribution in [2.75, 3.05) is 46.9 Å². The zero-order chi connectivity index (χ0) is 19.5. The maximum Gasteiger partial charge on any atom is 0.120 e. The molecule has 1 spiro atoms. The molecule has 1 aliphatic carbocycles. The molecule has 1 N–H and O–H groups in total. The lowest BCUT2D eigenvalue weighted by molar-refractivity contribution is 0.0629. The van der Waals surface area contributed by atoms with E-state index in [2.05, 4.69) is 46.7 Å². The predicted molar refractivity (Wildman–Crippen MR) is 112 cm³/mol. The van der Waals surface area contributed by atoms with Gasteiger partial charge in [-0.2, -0.15) is 0 Å². The van der Waals surface area contributed by atoms with Crippen molar-refractivity contribution in [2.45, 2.75) is 37.1 Å². The predicted octanol–water partition coefficient (Wildman–Crippen LogP) is 2.91. The Labute approximate surface area is 167 Å². The van der Waals surface area contributed by atoms with Gasteiger partial charge in [0.1, 0.15) is 5.75 Å². The van der Waals surface area contributed by atoms with E-state index in [-0.39, 0.29) is 18.1 Å². The van der Waals surface area contributed by atoms with E-state index in [1.54, 1.807) is 7.11 Å². The Morgan fingerprint density at radius 1 is 1.18 bits per heavy atom. The molecule has 3 aliphatic rings. The van der Waals surface area contributed by atoms with Crippen molar-refractivity contribution in [3.05, 3.63) is 29.5 Å². The highest BCUT2D eigenvalue weighted by Crippen LogP contribution is 2.49. The van der Waals surface area contributed by atoms with Crippen LogP contribution in [0.4, 0.5) is 0 Å². The normalized spacial score (nSPS) is 25.4. The van der Waals surface area contributed by atoms with Gasteiger partial charge >= 0.3 is 0 Å². The zero-order valence-corrected chi connectivity index (χ0v) is 17.4. The van der Waals surface area contributed by atoms with Gasteiger partial charge in [0.25, 0.3) is 0 Å². The Kier molecular flexibility index (Phi) is 4.45. The number of likely N-dealkylation sites (N-methyl/N-ethyl adjacent to an activating group) is 1. The molecule has 2 aliphatic heterocycles. The molecule has 1 aromatic heterocycles.